The van der Waals surface area contributed by atoms with Gasteiger partial charge < -0.3 is 5.11 Å². The lowest BCUT2D eigenvalue weighted by molar-refractivity contribution is 0.161. The SMILES string of the molecule is CS(=O)(=O)CCCC(O)c1ccn(-c2ccccc2)n1. The third-order valence-corrected chi connectivity index (χ3v) is 3.99. The van der Waals surface area contributed by atoms with Crippen molar-refractivity contribution < 1.29 is 13.5 Å². The number of aliphatic hydroxyl groups is 1. The average Bonchev–Trinajstić information content (AvgIpc) is 2.88. The summed E-state index contributed by atoms with van der Waals surface area (Å²) in [5, 5.41) is 14.3. The lowest BCUT2D eigenvalue weighted by Gasteiger charge is -2.07. The van der Waals surface area contributed by atoms with E-state index in [1.807, 2.05) is 30.3 Å². The third-order valence-electron chi connectivity index (χ3n) is 2.96. The summed E-state index contributed by atoms with van der Waals surface area (Å²) >= 11 is 0. The average molecular weight is 294 g/mol. The lowest BCUT2D eigenvalue weighted by Crippen LogP contribution is -2.06. The fourth-order valence-electron chi connectivity index (χ4n) is 1.93. The Kier molecular flexibility index (Phi) is 4.57. The van der Waals surface area contributed by atoms with Gasteiger partial charge in [0.05, 0.1) is 17.5 Å². The number of hydrogen-bond acceptors (Lipinski definition) is 4. The van der Waals surface area contributed by atoms with Crippen molar-refractivity contribution in [1.29, 1.82) is 0 Å². The van der Waals surface area contributed by atoms with E-state index in [1.54, 1.807) is 16.9 Å². The van der Waals surface area contributed by atoms with Crippen LogP contribution in [0.4, 0.5) is 0 Å². The van der Waals surface area contributed by atoms with Crippen LogP contribution in [0, 0.1) is 0 Å². The highest BCUT2D eigenvalue weighted by atomic mass is 32.2. The van der Waals surface area contributed by atoms with Gasteiger partial charge in [0.1, 0.15) is 9.84 Å². The molecule has 2 aromatic rings. The van der Waals surface area contributed by atoms with Crippen molar-refractivity contribution in [3.8, 4) is 5.69 Å². The molecule has 0 aliphatic carbocycles. The van der Waals surface area contributed by atoms with Gasteiger partial charge in [0, 0.05) is 18.2 Å². The molecule has 0 saturated carbocycles. The molecular formula is C14H18N2O3S. The van der Waals surface area contributed by atoms with Crippen molar-refractivity contribution in [3.05, 3.63) is 48.3 Å². The van der Waals surface area contributed by atoms with Crippen LogP contribution in [0.25, 0.3) is 5.69 Å². The second kappa shape index (κ2) is 6.19. The van der Waals surface area contributed by atoms with Crippen molar-refractivity contribution in [3.63, 3.8) is 0 Å². The molecule has 0 bridgehead atoms. The Bertz CT molecular complexity index is 650. The molecule has 1 unspecified atom stereocenters. The van der Waals surface area contributed by atoms with Crippen molar-refractivity contribution in [2.24, 2.45) is 0 Å². The molecule has 1 aromatic carbocycles. The van der Waals surface area contributed by atoms with Crippen LogP contribution in [0.15, 0.2) is 42.6 Å². The Hall–Kier alpha value is -1.66. The zero-order valence-electron chi connectivity index (χ0n) is 11.3. The molecule has 1 aromatic heterocycles. The molecule has 2 rings (SSSR count). The first kappa shape index (κ1) is 14.7. The molecule has 1 atom stereocenters. The number of aliphatic hydroxyl groups excluding tert-OH is 1. The van der Waals surface area contributed by atoms with Crippen LogP contribution < -0.4 is 0 Å². The molecule has 0 spiro atoms. The van der Waals surface area contributed by atoms with E-state index in [4.69, 9.17) is 0 Å². The number of hydrogen-bond donors (Lipinski definition) is 1. The second-order valence-corrected chi connectivity index (χ2v) is 7.07. The van der Waals surface area contributed by atoms with Crippen LogP contribution in [0.2, 0.25) is 0 Å². The Balaban J connectivity index is 1.98. The Labute approximate surface area is 118 Å². The molecule has 1 heterocycles. The maximum Gasteiger partial charge on any atom is 0.147 e. The summed E-state index contributed by atoms with van der Waals surface area (Å²) in [7, 11) is -2.98. The first-order valence-corrected chi connectivity index (χ1v) is 8.48. The maximum atomic E-state index is 11.0. The van der Waals surface area contributed by atoms with Gasteiger partial charge >= 0.3 is 0 Å². The van der Waals surface area contributed by atoms with E-state index >= 15 is 0 Å². The number of nitrogens with zero attached hydrogens (tertiary/aromatic N) is 2. The van der Waals surface area contributed by atoms with Crippen molar-refractivity contribution in [2.75, 3.05) is 12.0 Å². The first-order valence-electron chi connectivity index (χ1n) is 6.42. The van der Waals surface area contributed by atoms with Crippen LogP contribution >= 0.6 is 0 Å². The molecule has 0 aliphatic rings. The van der Waals surface area contributed by atoms with Crippen LogP contribution in [0.5, 0.6) is 0 Å². The maximum absolute atomic E-state index is 11.0. The molecule has 20 heavy (non-hydrogen) atoms. The summed E-state index contributed by atoms with van der Waals surface area (Å²) in [6.07, 6.45) is 3.06. The van der Waals surface area contributed by atoms with Gasteiger partial charge in [-0.05, 0) is 31.0 Å². The highest BCUT2D eigenvalue weighted by Crippen LogP contribution is 2.18. The van der Waals surface area contributed by atoms with Crippen molar-refractivity contribution in [2.45, 2.75) is 18.9 Å². The molecule has 0 aliphatic heterocycles. The van der Waals surface area contributed by atoms with E-state index in [0.29, 0.717) is 18.5 Å². The smallest absolute Gasteiger partial charge is 0.147 e. The van der Waals surface area contributed by atoms with Gasteiger partial charge in [0.25, 0.3) is 0 Å². The minimum absolute atomic E-state index is 0.0868. The van der Waals surface area contributed by atoms with Crippen molar-refractivity contribution >= 4 is 9.84 Å². The van der Waals surface area contributed by atoms with Crippen LogP contribution in [0.1, 0.15) is 24.6 Å². The third kappa shape index (κ3) is 4.18. The van der Waals surface area contributed by atoms with Gasteiger partial charge in [0.15, 0.2) is 0 Å². The zero-order chi connectivity index (χ0) is 14.6. The largest absolute Gasteiger partial charge is 0.387 e. The summed E-state index contributed by atoms with van der Waals surface area (Å²) in [5.74, 6) is 0.0868. The zero-order valence-corrected chi connectivity index (χ0v) is 12.1. The van der Waals surface area contributed by atoms with Crippen LogP contribution in [0.3, 0.4) is 0 Å². The Morgan fingerprint density at radius 1 is 1.25 bits per heavy atom. The number of sulfone groups is 1. The Morgan fingerprint density at radius 3 is 2.60 bits per heavy atom. The van der Waals surface area contributed by atoms with Gasteiger partial charge in [-0.15, -0.1) is 0 Å². The molecule has 108 valence electrons. The molecule has 5 nitrogen and oxygen atoms in total. The molecule has 6 heteroatoms. The molecular weight excluding hydrogens is 276 g/mol. The first-order chi connectivity index (χ1) is 9.46. The molecule has 1 N–H and O–H groups in total. The summed E-state index contributed by atoms with van der Waals surface area (Å²) in [6, 6.07) is 11.4. The summed E-state index contributed by atoms with van der Waals surface area (Å²) in [4.78, 5) is 0. The van der Waals surface area contributed by atoms with E-state index in [0.717, 1.165) is 5.69 Å². The predicted molar refractivity (Wildman–Crippen MR) is 77.5 cm³/mol. The molecule has 0 radical (unpaired) electrons. The van der Waals surface area contributed by atoms with E-state index in [-0.39, 0.29) is 5.75 Å². The standard InChI is InChI=1S/C14H18N2O3S/c1-20(18,19)11-5-8-14(17)13-9-10-16(15-13)12-6-3-2-4-7-12/h2-4,6-7,9-10,14,17H,5,8,11H2,1H3. The van der Waals surface area contributed by atoms with Gasteiger partial charge in [-0.2, -0.15) is 5.10 Å². The minimum atomic E-state index is -2.98. The highest BCUT2D eigenvalue weighted by molar-refractivity contribution is 7.90. The predicted octanol–water partition coefficient (Wildman–Crippen LogP) is 1.73. The van der Waals surface area contributed by atoms with E-state index in [1.165, 1.54) is 6.26 Å². The summed E-state index contributed by atoms with van der Waals surface area (Å²) in [5.41, 5.74) is 1.48. The topological polar surface area (TPSA) is 72.2 Å². The quantitative estimate of drug-likeness (QED) is 0.880. The minimum Gasteiger partial charge on any atom is -0.387 e. The van der Waals surface area contributed by atoms with Gasteiger partial charge in [-0.25, -0.2) is 13.1 Å². The normalized spacial score (nSPS) is 13.3. The highest BCUT2D eigenvalue weighted by Gasteiger charge is 2.12. The van der Waals surface area contributed by atoms with Gasteiger partial charge in [-0.1, -0.05) is 18.2 Å². The van der Waals surface area contributed by atoms with Crippen molar-refractivity contribution in [1.82, 2.24) is 9.78 Å². The van der Waals surface area contributed by atoms with Crippen LogP contribution in [-0.4, -0.2) is 35.3 Å². The summed E-state index contributed by atoms with van der Waals surface area (Å²) < 4.78 is 23.8. The fraction of sp³-hybridized carbons (Fsp3) is 0.357. The second-order valence-electron chi connectivity index (χ2n) is 4.81. The van der Waals surface area contributed by atoms with E-state index < -0.39 is 15.9 Å². The summed E-state index contributed by atoms with van der Waals surface area (Å²) in [6.45, 7) is 0. The fourth-order valence-corrected chi connectivity index (χ4v) is 2.62. The number of rotatable bonds is 6. The molecule has 0 saturated heterocycles. The van der Waals surface area contributed by atoms with Gasteiger partial charge in [0.2, 0.25) is 0 Å². The van der Waals surface area contributed by atoms with E-state index in [2.05, 4.69) is 5.10 Å². The number of aromatic nitrogens is 2. The lowest BCUT2D eigenvalue weighted by atomic mass is 10.1. The van der Waals surface area contributed by atoms with Gasteiger partial charge in [-0.3, -0.25) is 0 Å². The Morgan fingerprint density at radius 2 is 1.95 bits per heavy atom. The monoisotopic (exact) mass is 294 g/mol. The van der Waals surface area contributed by atoms with Crippen LogP contribution in [-0.2, 0) is 9.84 Å². The number of para-hydroxylation sites is 1. The molecule has 0 fully saturated rings. The van der Waals surface area contributed by atoms with E-state index in [9.17, 15) is 13.5 Å². The number of benzene rings is 1. The molecule has 0 amide bonds.